The molecule has 1 aromatic rings. The Balaban J connectivity index is 1.64. The molecule has 5 heteroatoms. The van der Waals surface area contributed by atoms with Crippen LogP contribution in [0.1, 0.15) is 65.9 Å². The van der Waals surface area contributed by atoms with Crippen molar-refractivity contribution in [2.24, 2.45) is 0 Å². The molecule has 1 aromatic carbocycles. The van der Waals surface area contributed by atoms with Gasteiger partial charge in [0.2, 0.25) is 11.8 Å². The lowest BCUT2D eigenvalue weighted by molar-refractivity contribution is -0.132. The average Bonchev–Trinajstić information content (AvgIpc) is 2.70. The number of rotatable bonds is 2. The number of nitrogens with zero attached hydrogens (tertiary/aromatic N) is 1. The number of amides is 3. The highest BCUT2D eigenvalue weighted by molar-refractivity contribution is 6.04. The van der Waals surface area contributed by atoms with E-state index in [2.05, 4.69) is 11.4 Å². The van der Waals surface area contributed by atoms with E-state index in [0.29, 0.717) is 31.7 Å². The molecule has 0 unspecified atom stereocenters. The van der Waals surface area contributed by atoms with E-state index >= 15 is 0 Å². The minimum absolute atomic E-state index is 0.0735. The minimum atomic E-state index is -0.532. The lowest BCUT2D eigenvalue weighted by Crippen LogP contribution is -2.46. The molecule has 0 spiro atoms. The van der Waals surface area contributed by atoms with Crippen molar-refractivity contribution in [2.75, 3.05) is 0 Å². The van der Waals surface area contributed by atoms with Gasteiger partial charge in [-0.3, -0.25) is 19.7 Å². The molecule has 120 valence electrons. The van der Waals surface area contributed by atoms with Crippen molar-refractivity contribution in [1.29, 1.82) is 0 Å². The minimum Gasteiger partial charge on any atom is -0.322 e. The maximum Gasteiger partial charge on any atom is 0.255 e. The summed E-state index contributed by atoms with van der Waals surface area (Å²) in [6, 6.07) is 5.40. The number of benzene rings is 1. The fraction of sp³-hybridized carbons (Fsp3) is 0.500. The zero-order valence-corrected chi connectivity index (χ0v) is 13.0. The average molecular weight is 312 g/mol. The van der Waals surface area contributed by atoms with Gasteiger partial charge in [0.05, 0.1) is 0 Å². The summed E-state index contributed by atoms with van der Waals surface area (Å²) in [6.07, 6.45) is 5.16. The highest BCUT2D eigenvalue weighted by atomic mass is 16.2. The molecule has 1 atom stereocenters. The van der Waals surface area contributed by atoms with Crippen LogP contribution < -0.4 is 5.32 Å². The zero-order chi connectivity index (χ0) is 16.0. The van der Waals surface area contributed by atoms with Gasteiger partial charge in [-0.1, -0.05) is 18.6 Å². The van der Waals surface area contributed by atoms with Crippen LogP contribution in [0.3, 0.4) is 0 Å². The van der Waals surface area contributed by atoms with Crippen LogP contribution in [0.25, 0.3) is 0 Å². The number of hydrogen-bond donors (Lipinski definition) is 1. The van der Waals surface area contributed by atoms with Crippen molar-refractivity contribution in [3.63, 3.8) is 0 Å². The van der Waals surface area contributed by atoms with Crippen LogP contribution in [-0.2, 0) is 16.1 Å². The second kappa shape index (κ2) is 5.48. The van der Waals surface area contributed by atoms with Crippen molar-refractivity contribution >= 4 is 17.7 Å². The van der Waals surface area contributed by atoms with Crippen LogP contribution >= 0.6 is 0 Å². The number of carbonyl (C=O) groups is 3. The molecule has 23 heavy (non-hydrogen) atoms. The third-order valence-electron chi connectivity index (χ3n) is 5.40. The molecule has 0 bridgehead atoms. The van der Waals surface area contributed by atoms with Gasteiger partial charge in [-0.05, 0) is 48.8 Å². The lowest BCUT2D eigenvalue weighted by atomic mass is 9.77. The van der Waals surface area contributed by atoms with Crippen LogP contribution in [0.2, 0.25) is 0 Å². The Hall–Kier alpha value is -2.17. The highest BCUT2D eigenvalue weighted by Gasteiger charge is 2.39. The monoisotopic (exact) mass is 312 g/mol. The van der Waals surface area contributed by atoms with Crippen LogP contribution in [0.5, 0.6) is 0 Å². The summed E-state index contributed by atoms with van der Waals surface area (Å²) in [6.45, 7) is 0.493. The maximum absolute atomic E-state index is 12.8. The van der Waals surface area contributed by atoms with E-state index in [1.165, 1.54) is 24.8 Å². The first-order valence-corrected chi connectivity index (χ1v) is 8.41. The molecule has 0 radical (unpaired) electrons. The van der Waals surface area contributed by atoms with Crippen molar-refractivity contribution in [3.8, 4) is 0 Å². The van der Waals surface area contributed by atoms with E-state index in [1.807, 2.05) is 12.1 Å². The van der Waals surface area contributed by atoms with Crippen LogP contribution in [-0.4, -0.2) is 28.7 Å². The van der Waals surface area contributed by atoms with E-state index in [1.54, 1.807) is 4.90 Å². The molecule has 1 saturated heterocycles. The molecule has 1 N–H and O–H groups in total. The van der Waals surface area contributed by atoms with Crippen LogP contribution in [0.15, 0.2) is 18.2 Å². The maximum atomic E-state index is 12.8. The topological polar surface area (TPSA) is 66.5 Å². The first-order valence-electron chi connectivity index (χ1n) is 8.41. The Morgan fingerprint density at radius 2 is 1.87 bits per heavy atom. The summed E-state index contributed by atoms with van der Waals surface area (Å²) in [5, 5.41) is 2.40. The molecule has 1 aliphatic carbocycles. The Kier molecular flexibility index (Phi) is 3.43. The second-order valence-corrected chi connectivity index (χ2v) is 6.75. The molecule has 2 fully saturated rings. The van der Waals surface area contributed by atoms with Gasteiger partial charge in [0.15, 0.2) is 0 Å². The summed E-state index contributed by atoms with van der Waals surface area (Å²) >= 11 is 0. The normalized spacial score (nSPS) is 25.0. The highest BCUT2D eigenvalue weighted by Crippen LogP contribution is 2.41. The number of imide groups is 1. The van der Waals surface area contributed by atoms with E-state index in [9.17, 15) is 14.4 Å². The molecule has 5 nitrogen and oxygen atoms in total. The summed E-state index contributed by atoms with van der Waals surface area (Å²) in [5.41, 5.74) is 3.10. The van der Waals surface area contributed by atoms with E-state index in [-0.39, 0.29) is 17.7 Å². The Morgan fingerprint density at radius 1 is 1.04 bits per heavy atom. The van der Waals surface area contributed by atoms with Gasteiger partial charge in [0.1, 0.15) is 6.04 Å². The summed E-state index contributed by atoms with van der Waals surface area (Å²) in [7, 11) is 0. The smallest absolute Gasteiger partial charge is 0.255 e. The molecule has 2 heterocycles. The van der Waals surface area contributed by atoms with Crippen molar-refractivity contribution in [2.45, 2.75) is 57.0 Å². The second-order valence-electron chi connectivity index (χ2n) is 6.75. The van der Waals surface area contributed by atoms with Crippen molar-refractivity contribution in [3.05, 3.63) is 34.9 Å². The van der Waals surface area contributed by atoms with Crippen molar-refractivity contribution in [1.82, 2.24) is 10.2 Å². The van der Waals surface area contributed by atoms with Crippen LogP contribution in [0.4, 0.5) is 0 Å². The summed E-state index contributed by atoms with van der Waals surface area (Å²) < 4.78 is 0. The van der Waals surface area contributed by atoms with Gasteiger partial charge in [-0.15, -0.1) is 0 Å². The summed E-state index contributed by atoms with van der Waals surface area (Å²) in [4.78, 5) is 38.2. The molecule has 2 aliphatic heterocycles. The molecular weight excluding hydrogens is 292 g/mol. The van der Waals surface area contributed by atoms with E-state index in [4.69, 9.17) is 0 Å². The number of fused-ring (bicyclic) bond motifs is 1. The molecule has 4 rings (SSSR count). The van der Waals surface area contributed by atoms with Gasteiger partial charge in [-0.2, -0.15) is 0 Å². The predicted octanol–water partition coefficient (Wildman–Crippen LogP) is 2.11. The largest absolute Gasteiger partial charge is 0.322 e. The first-order chi connectivity index (χ1) is 11.1. The third-order valence-corrected chi connectivity index (χ3v) is 5.40. The Morgan fingerprint density at radius 3 is 2.61 bits per heavy atom. The van der Waals surface area contributed by atoms with E-state index < -0.39 is 6.04 Å². The zero-order valence-electron chi connectivity index (χ0n) is 13.0. The molecule has 3 amide bonds. The molecular formula is C18H20N2O3. The Labute approximate surface area is 135 Å². The Bertz CT molecular complexity index is 694. The number of carbonyl (C=O) groups excluding carboxylic acids is 3. The predicted molar refractivity (Wildman–Crippen MR) is 83.7 cm³/mol. The fourth-order valence-electron chi connectivity index (χ4n) is 3.90. The van der Waals surface area contributed by atoms with E-state index in [0.717, 1.165) is 11.1 Å². The first kappa shape index (κ1) is 14.4. The van der Waals surface area contributed by atoms with Crippen molar-refractivity contribution < 1.29 is 14.4 Å². The van der Waals surface area contributed by atoms with Gasteiger partial charge < -0.3 is 4.90 Å². The van der Waals surface area contributed by atoms with Gasteiger partial charge in [-0.25, -0.2) is 0 Å². The number of nitrogens with one attached hydrogen (secondary N) is 1. The SMILES string of the molecule is O=C1CCC[C@H](N2Cc3c(cccc3C3CCC3)C2=O)C(=O)N1. The summed E-state index contributed by atoms with van der Waals surface area (Å²) in [5.74, 6) is -0.0893. The molecule has 3 aliphatic rings. The number of hydrogen-bond acceptors (Lipinski definition) is 3. The van der Waals surface area contributed by atoms with Gasteiger partial charge >= 0.3 is 0 Å². The van der Waals surface area contributed by atoms with Gasteiger partial charge in [0.25, 0.3) is 5.91 Å². The van der Waals surface area contributed by atoms with Crippen LogP contribution in [0, 0.1) is 0 Å². The van der Waals surface area contributed by atoms with Gasteiger partial charge in [0, 0.05) is 18.5 Å². The quantitative estimate of drug-likeness (QED) is 0.851. The lowest BCUT2D eigenvalue weighted by Gasteiger charge is -2.28. The third kappa shape index (κ3) is 2.35. The fourth-order valence-corrected chi connectivity index (χ4v) is 3.90. The standard InChI is InChI=1S/C18H20N2O3/c21-16-9-3-8-15(17(22)19-16)20-10-14-12(11-4-1-5-11)6-2-7-13(14)18(20)23/h2,6-7,11,15H,1,3-5,8-10H2,(H,19,21,22)/t15-/m0/s1. The molecule has 1 saturated carbocycles. The molecule has 0 aromatic heterocycles.